The molecule has 1 N–H and O–H groups in total. The first kappa shape index (κ1) is 17.3. The molecule has 1 heterocycles. The average Bonchev–Trinajstić information content (AvgIpc) is 3.31. The molecular formula is C16H21N5OS2. The molecule has 0 radical (unpaired) electrons. The van der Waals surface area contributed by atoms with Gasteiger partial charge in [-0.15, -0.1) is 16.9 Å². The van der Waals surface area contributed by atoms with Gasteiger partial charge in [-0.1, -0.05) is 17.8 Å². The maximum absolute atomic E-state index is 11.9. The second kappa shape index (κ2) is 8.02. The van der Waals surface area contributed by atoms with Gasteiger partial charge in [-0.05, 0) is 60.4 Å². The zero-order valence-corrected chi connectivity index (χ0v) is 15.5. The Balaban J connectivity index is 1.35. The fourth-order valence-electron chi connectivity index (χ4n) is 2.17. The lowest BCUT2D eigenvalue weighted by molar-refractivity contribution is -0.118. The number of amides is 1. The van der Waals surface area contributed by atoms with Gasteiger partial charge >= 0.3 is 0 Å². The molecule has 6 nitrogen and oxygen atoms in total. The SMILES string of the molecule is Cc1ccc(SCCNC(=O)CSc2nnnn2C2CC2)cc1C. The van der Waals surface area contributed by atoms with E-state index in [2.05, 4.69) is 52.9 Å². The van der Waals surface area contributed by atoms with Gasteiger partial charge in [0, 0.05) is 17.2 Å². The molecular weight excluding hydrogens is 342 g/mol. The minimum absolute atomic E-state index is 0.0195. The molecule has 0 aliphatic heterocycles. The number of aryl methyl sites for hydroxylation is 2. The lowest BCUT2D eigenvalue weighted by Gasteiger charge is -2.07. The number of hydrogen-bond donors (Lipinski definition) is 1. The van der Waals surface area contributed by atoms with Crippen LogP contribution >= 0.6 is 23.5 Å². The summed E-state index contributed by atoms with van der Waals surface area (Å²) >= 11 is 3.15. The predicted molar refractivity (Wildman–Crippen MR) is 96.5 cm³/mol. The van der Waals surface area contributed by atoms with Crippen LogP contribution in [-0.4, -0.2) is 44.2 Å². The topological polar surface area (TPSA) is 72.7 Å². The molecule has 0 unspecified atom stereocenters. The van der Waals surface area contributed by atoms with E-state index in [1.807, 2.05) is 4.68 Å². The molecule has 1 aromatic carbocycles. The molecule has 3 rings (SSSR count). The third-order valence-electron chi connectivity index (χ3n) is 3.86. The molecule has 1 aliphatic rings. The first-order valence-corrected chi connectivity index (χ1v) is 9.98. The van der Waals surface area contributed by atoms with Crippen LogP contribution in [0.1, 0.15) is 30.0 Å². The van der Waals surface area contributed by atoms with Crippen LogP contribution in [0, 0.1) is 13.8 Å². The normalized spacial score (nSPS) is 13.9. The number of nitrogens with zero attached hydrogens (tertiary/aromatic N) is 4. The molecule has 1 amide bonds. The fraction of sp³-hybridized carbons (Fsp3) is 0.500. The van der Waals surface area contributed by atoms with Crippen LogP contribution in [0.2, 0.25) is 0 Å². The molecule has 128 valence electrons. The number of thioether (sulfide) groups is 2. The molecule has 1 aliphatic carbocycles. The third kappa shape index (κ3) is 4.73. The van der Waals surface area contributed by atoms with Crippen molar-refractivity contribution in [2.24, 2.45) is 0 Å². The summed E-state index contributed by atoms with van der Waals surface area (Å²) < 4.78 is 1.83. The quantitative estimate of drug-likeness (QED) is 0.574. The summed E-state index contributed by atoms with van der Waals surface area (Å²) in [4.78, 5) is 13.2. The zero-order valence-electron chi connectivity index (χ0n) is 13.9. The Morgan fingerprint density at radius 1 is 1.29 bits per heavy atom. The van der Waals surface area contributed by atoms with Crippen molar-refractivity contribution in [3.63, 3.8) is 0 Å². The van der Waals surface area contributed by atoms with E-state index in [9.17, 15) is 4.79 Å². The maximum Gasteiger partial charge on any atom is 0.230 e. The Morgan fingerprint density at radius 2 is 2.12 bits per heavy atom. The van der Waals surface area contributed by atoms with Gasteiger partial charge in [0.25, 0.3) is 0 Å². The Kier molecular flexibility index (Phi) is 5.78. The van der Waals surface area contributed by atoms with Crippen molar-refractivity contribution in [1.29, 1.82) is 0 Å². The van der Waals surface area contributed by atoms with Gasteiger partial charge in [-0.25, -0.2) is 4.68 Å². The van der Waals surface area contributed by atoms with Gasteiger partial charge in [-0.2, -0.15) is 0 Å². The largest absolute Gasteiger partial charge is 0.355 e. The van der Waals surface area contributed by atoms with Gasteiger partial charge in [0.15, 0.2) is 0 Å². The highest BCUT2D eigenvalue weighted by Crippen LogP contribution is 2.36. The summed E-state index contributed by atoms with van der Waals surface area (Å²) in [6, 6.07) is 6.88. The van der Waals surface area contributed by atoms with E-state index in [1.165, 1.54) is 27.8 Å². The molecule has 8 heteroatoms. The number of nitrogens with one attached hydrogen (secondary N) is 1. The second-order valence-corrected chi connectivity index (χ2v) is 7.98. The molecule has 24 heavy (non-hydrogen) atoms. The zero-order chi connectivity index (χ0) is 16.9. The standard InChI is InChI=1S/C16H21N5OS2/c1-11-3-6-14(9-12(11)2)23-8-7-17-15(22)10-24-16-18-19-20-21(16)13-4-5-13/h3,6,9,13H,4-5,7-8,10H2,1-2H3,(H,17,22). The summed E-state index contributed by atoms with van der Waals surface area (Å²) in [5.41, 5.74) is 2.60. The van der Waals surface area contributed by atoms with Crippen LogP contribution in [0.25, 0.3) is 0 Å². The van der Waals surface area contributed by atoms with Crippen molar-refractivity contribution in [3.8, 4) is 0 Å². The summed E-state index contributed by atoms with van der Waals surface area (Å²) in [7, 11) is 0. The van der Waals surface area contributed by atoms with Crippen molar-refractivity contribution in [2.75, 3.05) is 18.1 Å². The predicted octanol–water partition coefficient (Wildman–Crippen LogP) is 2.63. The van der Waals surface area contributed by atoms with Crippen molar-refractivity contribution >= 4 is 29.4 Å². The minimum atomic E-state index is 0.0195. The van der Waals surface area contributed by atoms with E-state index < -0.39 is 0 Å². The summed E-state index contributed by atoms with van der Waals surface area (Å²) in [5, 5.41) is 15.3. The molecule has 0 atom stereocenters. The van der Waals surface area contributed by atoms with Crippen molar-refractivity contribution < 1.29 is 4.79 Å². The van der Waals surface area contributed by atoms with Gasteiger partial charge < -0.3 is 5.32 Å². The van der Waals surface area contributed by atoms with Gasteiger partial charge in [0.1, 0.15) is 0 Å². The number of carbonyl (C=O) groups is 1. The smallest absolute Gasteiger partial charge is 0.230 e. The summed E-state index contributed by atoms with van der Waals surface area (Å²) in [5.74, 6) is 1.23. The number of aromatic nitrogens is 4. The molecule has 1 fully saturated rings. The summed E-state index contributed by atoms with van der Waals surface area (Å²) in [6.45, 7) is 4.89. The Labute approximate surface area is 150 Å². The number of hydrogen-bond acceptors (Lipinski definition) is 6. The maximum atomic E-state index is 11.9. The molecule has 1 saturated carbocycles. The first-order chi connectivity index (χ1) is 11.6. The van der Waals surface area contributed by atoms with Crippen LogP contribution in [0.15, 0.2) is 28.3 Å². The van der Waals surface area contributed by atoms with Gasteiger partial charge in [0.2, 0.25) is 11.1 Å². The summed E-state index contributed by atoms with van der Waals surface area (Å²) in [6.07, 6.45) is 2.25. The third-order valence-corrected chi connectivity index (χ3v) is 5.79. The monoisotopic (exact) mass is 363 g/mol. The van der Waals surface area contributed by atoms with E-state index >= 15 is 0 Å². The lowest BCUT2D eigenvalue weighted by atomic mass is 10.1. The molecule has 0 bridgehead atoms. The average molecular weight is 364 g/mol. The molecule has 0 saturated heterocycles. The fourth-order valence-corrected chi connectivity index (χ4v) is 3.81. The van der Waals surface area contributed by atoms with Gasteiger partial charge in [0.05, 0.1) is 11.8 Å². The second-order valence-electron chi connectivity index (χ2n) is 5.87. The van der Waals surface area contributed by atoms with Crippen LogP contribution in [0.5, 0.6) is 0 Å². The van der Waals surface area contributed by atoms with E-state index in [1.54, 1.807) is 11.8 Å². The molecule has 2 aromatic rings. The van der Waals surface area contributed by atoms with E-state index in [0.29, 0.717) is 18.3 Å². The van der Waals surface area contributed by atoms with Crippen molar-refractivity contribution in [2.45, 2.75) is 42.8 Å². The lowest BCUT2D eigenvalue weighted by Crippen LogP contribution is -2.27. The number of carbonyl (C=O) groups excluding carboxylic acids is 1. The Bertz CT molecular complexity index is 714. The molecule has 0 spiro atoms. The highest BCUT2D eigenvalue weighted by Gasteiger charge is 2.28. The van der Waals surface area contributed by atoms with Crippen molar-refractivity contribution in [1.82, 2.24) is 25.5 Å². The Hall–Kier alpha value is -1.54. The van der Waals surface area contributed by atoms with E-state index in [-0.39, 0.29) is 5.91 Å². The van der Waals surface area contributed by atoms with Crippen LogP contribution < -0.4 is 5.32 Å². The van der Waals surface area contributed by atoms with Crippen molar-refractivity contribution in [3.05, 3.63) is 29.3 Å². The highest BCUT2D eigenvalue weighted by molar-refractivity contribution is 7.99. The van der Waals surface area contributed by atoms with E-state index in [4.69, 9.17) is 0 Å². The Morgan fingerprint density at radius 3 is 2.88 bits per heavy atom. The van der Waals surface area contributed by atoms with Gasteiger partial charge in [-0.3, -0.25) is 4.79 Å². The minimum Gasteiger partial charge on any atom is -0.355 e. The number of benzene rings is 1. The van der Waals surface area contributed by atoms with Crippen LogP contribution in [-0.2, 0) is 4.79 Å². The molecule has 1 aromatic heterocycles. The number of rotatable bonds is 8. The first-order valence-electron chi connectivity index (χ1n) is 8.01. The van der Waals surface area contributed by atoms with Crippen LogP contribution in [0.4, 0.5) is 0 Å². The van der Waals surface area contributed by atoms with E-state index in [0.717, 1.165) is 23.8 Å². The van der Waals surface area contributed by atoms with Crippen LogP contribution in [0.3, 0.4) is 0 Å². The highest BCUT2D eigenvalue weighted by atomic mass is 32.2. The number of tetrazole rings is 1.